The van der Waals surface area contributed by atoms with Crippen LogP contribution in [0.25, 0.3) is 5.65 Å². The molecule has 4 heterocycles. The largest absolute Gasteiger partial charge is 0.352 e. The molecule has 0 radical (unpaired) electrons. The van der Waals surface area contributed by atoms with E-state index in [0.717, 1.165) is 36.3 Å². The van der Waals surface area contributed by atoms with Crippen molar-refractivity contribution in [3.8, 4) is 0 Å². The second-order valence-corrected chi connectivity index (χ2v) is 6.62. The lowest BCUT2D eigenvalue weighted by Crippen LogP contribution is -2.58. The first kappa shape index (κ1) is 13.8. The van der Waals surface area contributed by atoms with Crippen LogP contribution in [0.4, 0.5) is 5.82 Å². The summed E-state index contributed by atoms with van der Waals surface area (Å²) in [5, 5.41) is 16.4. The molecule has 5 rings (SSSR count). The van der Waals surface area contributed by atoms with Gasteiger partial charge in [0.1, 0.15) is 12.1 Å². The minimum Gasteiger partial charge on any atom is -0.352 e. The van der Waals surface area contributed by atoms with Gasteiger partial charge in [0.15, 0.2) is 11.5 Å². The predicted octanol–water partition coefficient (Wildman–Crippen LogP) is 0.705. The average Bonchev–Trinajstić information content (AvgIpc) is 3.09. The lowest BCUT2D eigenvalue weighted by atomic mass is 10.1. The van der Waals surface area contributed by atoms with Crippen LogP contribution in [-0.4, -0.2) is 61.0 Å². The van der Waals surface area contributed by atoms with Crippen molar-refractivity contribution < 1.29 is 4.52 Å². The number of likely N-dealkylation sites (N-methyl/N-ethyl adjacent to an activating group) is 1. The first-order valence-corrected chi connectivity index (χ1v) is 8.21. The summed E-state index contributed by atoms with van der Waals surface area (Å²) >= 11 is 0. The van der Waals surface area contributed by atoms with Gasteiger partial charge in [0, 0.05) is 25.0 Å². The summed E-state index contributed by atoms with van der Waals surface area (Å²) in [6, 6.07) is 4.39. The minimum atomic E-state index is 0.464. The normalized spacial score (nSPS) is 18.5. The third kappa shape index (κ3) is 2.41. The van der Waals surface area contributed by atoms with Crippen LogP contribution in [0.2, 0.25) is 0 Å². The van der Waals surface area contributed by atoms with E-state index in [1.807, 2.05) is 12.1 Å². The highest BCUT2D eigenvalue weighted by Gasteiger charge is 2.33. The molecule has 0 N–H and O–H groups in total. The molecule has 9 heteroatoms. The van der Waals surface area contributed by atoms with Gasteiger partial charge in [-0.15, -0.1) is 15.3 Å². The van der Waals surface area contributed by atoms with Crippen LogP contribution in [-0.2, 0) is 6.54 Å². The van der Waals surface area contributed by atoms with E-state index < -0.39 is 0 Å². The van der Waals surface area contributed by atoms with Crippen molar-refractivity contribution in [1.82, 2.24) is 34.9 Å². The molecule has 0 spiro atoms. The highest BCUT2D eigenvalue weighted by molar-refractivity contribution is 5.47. The van der Waals surface area contributed by atoms with Crippen LogP contribution in [0.3, 0.4) is 0 Å². The van der Waals surface area contributed by atoms with Gasteiger partial charge in [0.25, 0.3) is 0 Å². The number of aromatic nitrogens is 6. The number of nitrogens with zero attached hydrogens (tertiary/aromatic N) is 8. The lowest BCUT2D eigenvalue weighted by molar-refractivity contribution is 0.190. The molecule has 3 aromatic heterocycles. The molecule has 124 valence electrons. The van der Waals surface area contributed by atoms with Crippen LogP contribution < -0.4 is 4.90 Å². The molecular formula is C15H18N8O. The van der Waals surface area contributed by atoms with Crippen molar-refractivity contribution in [2.75, 3.05) is 25.0 Å². The SMILES string of the molecule is CN(Cc1noc(C2CC2)n1)C1CN(c2ccc3nncn3n2)C1. The first-order chi connectivity index (χ1) is 11.8. The van der Waals surface area contributed by atoms with Gasteiger partial charge in [-0.1, -0.05) is 5.16 Å². The molecule has 1 aliphatic carbocycles. The Kier molecular flexibility index (Phi) is 3.02. The van der Waals surface area contributed by atoms with Gasteiger partial charge in [0.05, 0.1) is 6.54 Å². The average molecular weight is 326 g/mol. The van der Waals surface area contributed by atoms with E-state index in [1.54, 1.807) is 10.8 Å². The summed E-state index contributed by atoms with van der Waals surface area (Å²) in [4.78, 5) is 9.01. The molecule has 0 unspecified atom stereocenters. The van der Waals surface area contributed by atoms with E-state index in [9.17, 15) is 0 Å². The Morgan fingerprint density at radius 2 is 2.17 bits per heavy atom. The Morgan fingerprint density at radius 3 is 3.00 bits per heavy atom. The standard InChI is InChI=1S/C15H18N8O/c1-21(8-12-17-15(24-20-12)10-2-3-10)11-6-22(7-11)14-5-4-13-18-16-9-23(13)19-14/h4-5,9-11H,2-3,6-8H2,1H3. The molecule has 9 nitrogen and oxygen atoms in total. The van der Waals surface area contributed by atoms with Gasteiger partial charge in [-0.25, -0.2) is 0 Å². The Morgan fingerprint density at radius 1 is 1.29 bits per heavy atom. The third-order valence-corrected chi connectivity index (χ3v) is 4.76. The maximum absolute atomic E-state index is 5.32. The molecule has 1 aliphatic heterocycles. The Bertz CT molecular complexity index is 863. The second-order valence-electron chi connectivity index (χ2n) is 6.62. The topological polar surface area (TPSA) is 88.5 Å². The zero-order valence-corrected chi connectivity index (χ0v) is 13.4. The van der Waals surface area contributed by atoms with Gasteiger partial charge in [-0.3, -0.25) is 4.90 Å². The van der Waals surface area contributed by atoms with E-state index >= 15 is 0 Å². The number of fused-ring (bicyclic) bond motifs is 1. The van der Waals surface area contributed by atoms with Crippen LogP contribution >= 0.6 is 0 Å². The minimum absolute atomic E-state index is 0.464. The quantitative estimate of drug-likeness (QED) is 0.677. The van der Waals surface area contributed by atoms with Crippen molar-refractivity contribution in [2.24, 2.45) is 0 Å². The molecule has 24 heavy (non-hydrogen) atoms. The molecule has 0 aromatic carbocycles. The van der Waals surface area contributed by atoms with Crippen molar-refractivity contribution in [1.29, 1.82) is 0 Å². The Hall–Kier alpha value is -2.55. The number of hydrogen-bond acceptors (Lipinski definition) is 8. The summed E-state index contributed by atoms with van der Waals surface area (Å²) in [5.74, 6) is 3.04. The maximum Gasteiger partial charge on any atom is 0.229 e. The van der Waals surface area contributed by atoms with E-state index in [4.69, 9.17) is 4.52 Å². The van der Waals surface area contributed by atoms with Gasteiger partial charge in [0.2, 0.25) is 5.89 Å². The molecule has 0 amide bonds. The van der Waals surface area contributed by atoms with Crippen LogP contribution in [0.1, 0.15) is 30.5 Å². The molecular weight excluding hydrogens is 308 g/mol. The molecule has 3 aromatic rings. The zero-order chi connectivity index (χ0) is 16.1. The van der Waals surface area contributed by atoms with E-state index in [1.165, 1.54) is 12.8 Å². The highest BCUT2D eigenvalue weighted by Crippen LogP contribution is 2.38. The fourth-order valence-electron chi connectivity index (χ4n) is 2.99. The van der Waals surface area contributed by atoms with E-state index in [0.29, 0.717) is 18.5 Å². The van der Waals surface area contributed by atoms with Crippen molar-refractivity contribution in [3.63, 3.8) is 0 Å². The monoisotopic (exact) mass is 326 g/mol. The molecule has 1 saturated carbocycles. The molecule has 2 aliphatic rings. The maximum atomic E-state index is 5.32. The smallest absolute Gasteiger partial charge is 0.229 e. The van der Waals surface area contributed by atoms with Gasteiger partial charge >= 0.3 is 0 Å². The second kappa shape index (κ2) is 5.23. The van der Waals surface area contributed by atoms with Gasteiger partial charge in [-0.05, 0) is 32.0 Å². The summed E-state index contributed by atoms with van der Waals surface area (Å²) in [7, 11) is 2.10. The Labute approximate surface area is 138 Å². The van der Waals surface area contributed by atoms with Crippen LogP contribution in [0.5, 0.6) is 0 Å². The van der Waals surface area contributed by atoms with Crippen molar-refractivity contribution in [2.45, 2.75) is 31.3 Å². The fraction of sp³-hybridized carbons (Fsp3) is 0.533. The third-order valence-electron chi connectivity index (χ3n) is 4.76. The molecule has 2 fully saturated rings. The van der Waals surface area contributed by atoms with Crippen LogP contribution in [0, 0.1) is 0 Å². The Balaban J connectivity index is 1.20. The van der Waals surface area contributed by atoms with Crippen molar-refractivity contribution in [3.05, 3.63) is 30.2 Å². The summed E-state index contributed by atoms with van der Waals surface area (Å²) < 4.78 is 7.02. The first-order valence-electron chi connectivity index (χ1n) is 8.21. The summed E-state index contributed by atoms with van der Waals surface area (Å²) in [6.07, 6.45) is 3.98. The van der Waals surface area contributed by atoms with Gasteiger partial charge in [-0.2, -0.15) is 9.50 Å². The predicted molar refractivity (Wildman–Crippen MR) is 84.5 cm³/mol. The van der Waals surface area contributed by atoms with E-state index in [2.05, 4.69) is 42.3 Å². The van der Waals surface area contributed by atoms with E-state index in [-0.39, 0.29) is 0 Å². The number of anilines is 1. The molecule has 0 atom stereocenters. The lowest BCUT2D eigenvalue weighted by Gasteiger charge is -2.44. The molecule has 1 saturated heterocycles. The highest BCUT2D eigenvalue weighted by atomic mass is 16.5. The summed E-state index contributed by atoms with van der Waals surface area (Å²) in [6.45, 7) is 2.58. The van der Waals surface area contributed by atoms with Gasteiger partial charge < -0.3 is 9.42 Å². The fourth-order valence-corrected chi connectivity index (χ4v) is 2.99. The van der Waals surface area contributed by atoms with Crippen LogP contribution in [0.15, 0.2) is 23.0 Å². The number of rotatable bonds is 5. The zero-order valence-electron chi connectivity index (χ0n) is 13.4. The molecule has 0 bridgehead atoms. The van der Waals surface area contributed by atoms with Crippen molar-refractivity contribution >= 4 is 11.5 Å². The summed E-state index contributed by atoms with van der Waals surface area (Å²) in [5.41, 5.74) is 0.761. The number of hydrogen-bond donors (Lipinski definition) is 0.